The van der Waals surface area contributed by atoms with Gasteiger partial charge >= 0.3 is 0 Å². The van der Waals surface area contributed by atoms with Crippen LogP contribution in [0.5, 0.6) is 5.75 Å². The molecule has 1 aliphatic heterocycles. The monoisotopic (exact) mass is 328 g/mol. The predicted molar refractivity (Wildman–Crippen MR) is 93.1 cm³/mol. The maximum absolute atomic E-state index is 6.84. The Kier molecular flexibility index (Phi) is 5.69. The van der Waals surface area contributed by atoms with E-state index in [9.17, 15) is 0 Å². The molecular formula is C16H25ClN2OS. The van der Waals surface area contributed by atoms with Gasteiger partial charge in [0.05, 0.1) is 11.2 Å². The molecule has 1 saturated carbocycles. The van der Waals surface area contributed by atoms with Crippen molar-refractivity contribution < 1.29 is 4.74 Å². The van der Waals surface area contributed by atoms with Crippen LogP contribution in [0.2, 0.25) is 0 Å². The quantitative estimate of drug-likeness (QED) is 0.798. The molecule has 1 fully saturated rings. The van der Waals surface area contributed by atoms with E-state index in [2.05, 4.69) is 11.6 Å². The number of ether oxygens (including phenoxy) is 1. The van der Waals surface area contributed by atoms with Crippen LogP contribution in [0.3, 0.4) is 0 Å². The van der Waals surface area contributed by atoms with Gasteiger partial charge in [-0.05, 0) is 49.3 Å². The van der Waals surface area contributed by atoms with E-state index in [-0.39, 0.29) is 23.4 Å². The Hall–Kier alpha value is -0.580. The van der Waals surface area contributed by atoms with Gasteiger partial charge in [-0.2, -0.15) is 0 Å². The Morgan fingerprint density at radius 1 is 1.38 bits per heavy atom. The number of nitrogens with two attached hydrogens (primary N) is 1. The highest BCUT2D eigenvalue weighted by Gasteiger charge is 2.46. The fourth-order valence-electron chi connectivity index (χ4n) is 3.50. The summed E-state index contributed by atoms with van der Waals surface area (Å²) in [7, 11) is 0. The predicted octanol–water partition coefficient (Wildman–Crippen LogP) is 4.57. The molecule has 3 nitrogen and oxygen atoms in total. The summed E-state index contributed by atoms with van der Waals surface area (Å²) in [6, 6.07) is 8.11. The van der Waals surface area contributed by atoms with Crippen LogP contribution in [0, 0.1) is 5.92 Å². The minimum Gasteiger partial charge on any atom is -0.474 e. The highest BCUT2D eigenvalue weighted by molar-refractivity contribution is 8.01. The number of halogens is 1. The van der Waals surface area contributed by atoms with Gasteiger partial charge in [0.2, 0.25) is 0 Å². The molecule has 3 atom stereocenters. The number of hydrogen-bond acceptors (Lipinski definition) is 4. The van der Waals surface area contributed by atoms with Crippen molar-refractivity contribution in [3.63, 3.8) is 0 Å². The first-order valence-corrected chi connectivity index (χ1v) is 8.58. The molecule has 3 rings (SSSR count). The van der Waals surface area contributed by atoms with Gasteiger partial charge in [-0.3, -0.25) is 0 Å². The number of rotatable bonds is 3. The minimum atomic E-state index is -0.209. The van der Waals surface area contributed by atoms with E-state index in [1.165, 1.54) is 32.1 Å². The zero-order chi connectivity index (χ0) is 14.0. The molecular weight excluding hydrogens is 304 g/mol. The van der Waals surface area contributed by atoms with Crippen molar-refractivity contribution in [2.45, 2.75) is 56.4 Å². The van der Waals surface area contributed by atoms with E-state index in [1.54, 1.807) is 11.9 Å². The van der Waals surface area contributed by atoms with E-state index in [1.807, 2.05) is 24.3 Å². The van der Waals surface area contributed by atoms with Gasteiger partial charge in [0.1, 0.15) is 5.75 Å². The van der Waals surface area contributed by atoms with Crippen LogP contribution in [0.1, 0.15) is 45.4 Å². The summed E-state index contributed by atoms with van der Waals surface area (Å²) < 4.78 is 9.64. The number of benzene rings is 1. The molecule has 0 amide bonds. The smallest absolute Gasteiger partial charge is 0.181 e. The molecule has 0 radical (unpaired) electrons. The highest BCUT2D eigenvalue weighted by atomic mass is 35.5. The van der Waals surface area contributed by atoms with Gasteiger partial charge in [-0.15, -0.1) is 12.4 Å². The Labute approximate surface area is 137 Å². The molecule has 21 heavy (non-hydrogen) atoms. The summed E-state index contributed by atoms with van der Waals surface area (Å²) in [6.07, 6.45) is 7.25. The van der Waals surface area contributed by atoms with Crippen molar-refractivity contribution in [2.24, 2.45) is 11.7 Å². The first-order chi connectivity index (χ1) is 9.74. The molecule has 5 heteroatoms. The van der Waals surface area contributed by atoms with Crippen molar-refractivity contribution in [1.29, 1.82) is 0 Å². The zero-order valence-electron chi connectivity index (χ0n) is 12.5. The van der Waals surface area contributed by atoms with Crippen LogP contribution in [-0.2, 0) is 0 Å². The fraction of sp³-hybridized carbons (Fsp3) is 0.625. The third-order valence-corrected chi connectivity index (χ3v) is 5.73. The van der Waals surface area contributed by atoms with E-state index >= 15 is 0 Å². The molecule has 1 aromatic rings. The zero-order valence-corrected chi connectivity index (χ0v) is 14.1. The lowest BCUT2D eigenvalue weighted by Gasteiger charge is -2.47. The molecule has 118 valence electrons. The standard InChI is InChI=1S/C16H24N2OS.ClH/c1-2-7-12-8-5-6-11-16(12,17)15-19-14-10-4-3-9-13(14)18-20-15;/h3-4,9-10,12,15,18H,2,5-8,11,17H2,1H3;1H. The second kappa shape index (κ2) is 7.12. The van der Waals surface area contributed by atoms with Gasteiger partial charge in [0.15, 0.2) is 5.44 Å². The largest absolute Gasteiger partial charge is 0.474 e. The van der Waals surface area contributed by atoms with Crippen LogP contribution in [0.25, 0.3) is 0 Å². The van der Waals surface area contributed by atoms with E-state index in [0.717, 1.165) is 17.9 Å². The summed E-state index contributed by atoms with van der Waals surface area (Å²) >= 11 is 1.64. The number of hydrogen-bond donors (Lipinski definition) is 2. The van der Waals surface area contributed by atoms with Crippen LogP contribution < -0.4 is 15.2 Å². The summed E-state index contributed by atoms with van der Waals surface area (Å²) in [4.78, 5) is 0. The van der Waals surface area contributed by atoms with Gasteiger partial charge < -0.3 is 15.2 Å². The number of fused-ring (bicyclic) bond motifs is 1. The first kappa shape index (κ1) is 16.8. The lowest BCUT2D eigenvalue weighted by molar-refractivity contribution is 0.0856. The summed E-state index contributed by atoms with van der Waals surface area (Å²) in [5, 5.41) is 0. The van der Waals surface area contributed by atoms with Crippen LogP contribution >= 0.6 is 24.4 Å². The summed E-state index contributed by atoms with van der Waals surface area (Å²) in [6.45, 7) is 2.25. The van der Waals surface area contributed by atoms with Crippen LogP contribution in [0.4, 0.5) is 5.69 Å². The average Bonchev–Trinajstić information content (AvgIpc) is 2.49. The van der Waals surface area contributed by atoms with Crippen molar-refractivity contribution in [1.82, 2.24) is 0 Å². The maximum Gasteiger partial charge on any atom is 0.181 e. The SMILES string of the molecule is CCCC1CCCCC1(N)C1Oc2ccccc2NS1.Cl. The topological polar surface area (TPSA) is 47.3 Å². The van der Waals surface area contributed by atoms with Crippen molar-refractivity contribution in [3.05, 3.63) is 24.3 Å². The molecule has 0 bridgehead atoms. The second-order valence-electron chi connectivity index (χ2n) is 6.01. The highest BCUT2D eigenvalue weighted by Crippen LogP contribution is 2.45. The number of anilines is 1. The minimum absolute atomic E-state index is 0. The third-order valence-electron chi connectivity index (χ3n) is 4.65. The van der Waals surface area contributed by atoms with Gasteiger partial charge in [-0.25, -0.2) is 0 Å². The Morgan fingerprint density at radius 3 is 3.00 bits per heavy atom. The Morgan fingerprint density at radius 2 is 2.19 bits per heavy atom. The molecule has 1 heterocycles. The number of nitrogens with one attached hydrogen (secondary N) is 1. The molecule has 1 aromatic carbocycles. The summed E-state index contributed by atoms with van der Waals surface area (Å²) in [5.74, 6) is 1.51. The maximum atomic E-state index is 6.84. The van der Waals surface area contributed by atoms with Crippen LogP contribution in [0.15, 0.2) is 24.3 Å². The Bertz CT molecular complexity index is 471. The molecule has 0 aromatic heterocycles. The summed E-state index contributed by atoms with van der Waals surface area (Å²) in [5.41, 5.74) is 7.69. The molecule has 3 N–H and O–H groups in total. The Balaban J connectivity index is 0.00000161. The molecule has 3 unspecified atom stereocenters. The molecule has 0 spiro atoms. The van der Waals surface area contributed by atoms with Crippen molar-refractivity contribution >= 4 is 30.0 Å². The van der Waals surface area contributed by atoms with Gasteiger partial charge in [0, 0.05) is 0 Å². The van der Waals surface area contributed by atoms with E-state index in [4.69, 9.17) is 10.5 Å². The second-order valence-corrected chi connectivity index (χ2v) is 6.88. The van der Waals surface area contributed by atoms with E-state index < -0.39 is 0 Å². The van der Waals surface area contributed by atoms with E-state index in [0.29, 0.717) is 5.92 Å². The molecule has 2 aliphatic rings. The fourth-order valence-corrected chi connectivity index (χ4v) is 4.58. The van der Waals surface area contributed by atoms with Gasteiger partial charge in [0.25, 0.3) is 0 Å². The van der Waals surface area contributed by atoms with Crippen LogP contribution in [-0.4, -0.2) is 11.0 Å². The normalized spacial score (nSPS) is 31.3. The third kappa shape index (κ3) is 3.27. The average molecular weight is 329 g/mol. The molecule has 0 saturated heterocycles. The first-order valence-electron chi connectivity index (χ1n) is 7.70. The lowest BCUT2D eigenvalue weighted by Crippen LogP contribution is -2.59. The van der Waals surface area contributed by atoms with Crippen molar-refractivity contribution in [3.8, 4) is 5.75 Å². The van der Waals surface area contributed by atoms with Crippen molar-refractivity contribution in [2.75, 3.05) is 4.72 Å². The lowest BCUT2D eigenvalue weighted by atomic mass is 9.71. The number of para-hydroxylation sites is 2. The van der Waals surface area contributed by atoms with Gasteiger partial charge in [-0.1, -0.05) is 38.3 Å². The molecule has 1 aliphatic carbocycles.